The van der Waals surface area contributed by atoms with E-state index in [4.69, 9.17) is 0 Å². The van der Waals surface area contributed by atoms with Crippen molar-refractivity contribution in [3.8, 4) is 0 Å². The van der Waals surface area contributed by atoms with Crippen LogP contribution in [-0.2, 0) is 4.79 Å². The van der Waals surface area contributed by atoms with Crippen molar-refractivity contribution in [3.05, 3.63) is 12.7 Å². The van der Waals surface area contributed by atoms with Crippen LogP contribution in [0.15, 0.2) is 17.8 Å². The summed E-state index contributed by atoms with van der Waals surface area (Å²) in [6, 6.07) is 0. The number of hydrogen-bond acceptors (Lipinski definition) is 5. The van der Waals surface area contributed by atoms with Gasteiger partial charge in [-0.15, -0.1) is 6.58 Å². The SMILES string of the molecule is C=CCSCCNN=C(C)C(=O)[O-].[Na+]. The molecule has 0 fully saturated rings. The van der Waals surface area contributed by atoms with Gasteiger partial charge >= 0.3 is 29.6 Å². The molecule has 0 spiro atoms. The number of nitrogens with zero attached hydrogens (tertiary/aromatic N) is 1. The zero-order valence-electron chi connectivity index (χ0n) is 8.58. The van der Waals surface area contributed by atoms with Crippen LogP contribution < -0.4 is 40.1 Å². The van der Waals surface area contributed by atoms with Crippen LogP contribution >= 0.6 is 11.8 Å². The molecule has 1 N–H and O–H groups in total. The summed E-state index contributed by atoms with van der Waals surface area (Å²) in [6.45, 7) is 5.61. The van der Waals surface area contributed by atoms with Gasteiger partial charge in [0.05, 0.1) is 11.7 Å². The Morgan fingerprint density at radius 1 is 1.71 bits per heavy atom. The third-order valence-corrected chi connectivity index (χ3v) is 2.10. The van der Waals surface area contributed by atoms with Crippen molar-refractivity contribution >= 4 is 23.4 Å². The van der Waals surface area contributed by atoms with Gasteiger partial charge in [0.25, 0.3) is 0 Å². The largest absolute Gasteiger partial charge is 1.00 e. The third-order valence-electron chi connectivity index (χ3n) is 1.14. The predicted molar refractivity (Wildman–Crippen MR) is 53.6 cm³/mol. The normalized spacial score (nSPS) is 10.2. The van der Waals surface area contributed by atoms with Crippen molar-refractivity contribution in [1.82, 2.24) is 5.43 Å². The van der Waals surface area contributed by atoms with Crippen molar-refractivity contribution in [2.24, 2.45) is 5.10 Å². The van der Waals surface area contributed by atoms with E-state index in [0.29, 0.717) is 6.54 Å². The van der Waals surface area contributed by atoms with Gasteiger partial charge in [0, 0.05) is 18.1 Å². The third kappa shape index (κ3) is 10.1. The Hall–Kier alpha value is 0.0300. The molecule has 0 saturated carbocycles. The van der Waals surface area contributed by atoms with Crippen molar-refractivity contribution in [2.45, 2.75) is 6.92 Å². The van der Waals surface area contributed by atoms with Gasteiger partial charge in [-0.2, -0.15) is 16.9 Å². The van der Waals surface area contributed by atoms with Gasteiger partial charge in [0.15, 0.2) is 0 Å². The van der Waals surface area contributed by atoms with Gasteiger partial charge in [-0.1, -0.05) is 6.08 Å². The summed E-state index contributed by atoms with van der Waals surface area (Å²) in [4.78, 5) is 10.2. The maximum Gasteiger partial charge on any atom is 1.00 e. The molecule has 0 aliphatic carbocycles. The molecule has 0 bridgehead atoms. The van der Waals surface area contributed by atoms with Crippen LogP contribution in [0, 0.1) is 0 Å². The number of hydrazone groups is 1. The number of hydrogen-bond donors (Lipinski definition) is 1. The number of carboxylic acids is 1. The molecule has 0 atom stereocenters. The summed E-state index contributed by atoms with van der Waals surface area (Å²) < 4.78 is 0. The molecule has 0 aromatic rings. The second-order valence-corrected chi connectivity index (χ2v) is 3.41. The molecule has 6 heteroatoms. The molecule has 0 saturated heterocycles. The van der Waals surface area contributed by atoms with E-state index in [1.165, 1.54) is 6.92 Å². The summed E-state index contributed by atoms with van der Waals surface area (Å²) in [6.07, 6.45) is 1.82. The standard InChI is InChI=1S/C8H14N2O2S.Na/c1-3-5-13-6-4-9-10-7(2)8(11)12;/h3,9H,1,4-6H2,2H3,(H,11,12);/q;+1/p-1. The van der Waals surface area contributed by atoms with Crippen LogP contribution in [0.1, 0.15) is 6.92 Å². The zero-order valence-corrected chi connectivity index (χ0v) is 11.4. The number of carbonyl (C=O) groups is 1. The Kier molecular flexibility index (Phi) is 13.1. The summed E-state index contributed by atoms with van der Waals surface area (Å²) in [5.74, 6) is 0.520. The minimum atomic E-state index is -1.24. The predicted octanol–water partition coefficient (Wildman–Crippen LogP) is -3.37. The first kappa shape index (κ1) is 16.5. The number of aliphatic carboxylic acids is 1. The van der Waals surface area contributed by atoms with E-state index in [2.05, 4.69) is 17.1 Å². The maximum atomic E-state index is 10.2. The second kappa shape index (κ2) is 11.1. The van der Waals surface area contributed by atoms with Crippen molar-refractivity contribution in [3.63, 3.8) is 0 Å². The van der Waals surface area contributed by atoms with Crippen LogP contribution in [0.5, 0.6) is 0 Å². The minimum Gasteiger partial charge on any atom is -0.543 e. The number of carbonyl (C=O) groups excluding carboxylic acids is 1. The van der Waals surface area contributed by atoms with Gasteiger partial charge in [-0.05, 0) is 6.92 Å². The van der Waals surface area contributed by atoms with E-state index in [-0.39, 0.29) is 35.3 Å². The topological polar surface area (TPSA) is 64.5 Å². The maximum absolute atomic E-state index is 10.2. The summed E-state index contributed by atoms with van der Waals surface area (Å²) in [5.41, 5.74) is 2.60. The molecule has 0 radical (unpaired) electrons. The Morgan fingerprint density at radius 2 is 2.36 bits per heavy atom. The summed E-state index contributed by atoms with van der Waals surface area (Å²) >= 11 is 1.70. The molecular weight excluding hydrogens is 211 g/mol. The Bertz CT molecular complexity index is 210. The van der Waals surface area contributed by atoms with Crippen LogP contribution in [-0.4, -0.2) is 29.7 Å². The molecule has 0 unspecified atom stereocenters. The van der Waals surface area contributed by atoms with E-state index in [1.807, 2.05) is 6.08 Å². The Labute approximate surface area is 111 Å². The number of carboxylic acid groups (broad SMARTS) is 1. The van der Waals surface area contributed by atoms with Crippen LogP contribution in [0.3, 0.4) is 0 Å². The average Bonchev–Trinajstić information content (AvgIpc) is 2.10. The smallest absolute Gasteiger partial charge is 0.543 e. The Morgan fingerprint density at radius 3 is 2.86 bits per heavy atom. The monoisotopic (exact) mass is 224 g/mol. The van der Waals surface area contributed by atoms with Gasteiger partial charge in [0.1, 0.15) is 0 Å². The number of rotatable bonds is 7. The minimum absolute atomic E-state index is 0. The van der Waals surface area contributed by atoms with Crippen LogP contribution in [0.2, 0.25) is 0 Å². The Balaban J connectivity index is 0. The molecule has 0 aliphatic rings. The molecule has 0 aromatic heterocycles. The van der Waals surface area contributed by atoms with Crippen LogP contribution in [0.25, 0.3) is 0 Å². The fraction of sp³-hybridized carbons (Fsp3) is 0.500. The van der Waals surface area contributed by atoms with E-state index in [1.54, 1.807) is 11.8 Å². The van der Waals surface area contributed by atoms with Crippen LogP contribution in [0.4, 0.5) is 0 Å². The van der Waals surface area contributed by atoms with E-state index >= 15 is 0 Å². The quantitative estimate of drug-likeness (QED) is 0.161. The molecule has 14 heavy (non-hydrogen) atoms. The molecule has 0 aliphatic heterocycles. The first-order chi connectivity index (χ1) is 6.18. The molecular formula is C8H13N2NaO2S. The van der Waals surface area contributed by atoms with E-state index in [0.717, 1.165) is 11.5 Å². The molecule has 0 amide bonds. The van der Waals surface area contributed by atoms with Crippen molar-refractivity contribution in [2.75, 3.05) is 18.1 Å². The number of thioether (sulfide) groups is 1. The number of nitrogens with one attached hydrogen (secondary N) is 1. The fourth-order valence-corrected chi connectivity index (χ4v) is 1.07. The van der Waals surface area contributed by atoms with E-state index in [9.17, 15) is 9.90 Å². The zero-order chi connectivity index (χ0) is 10.1. The van der Waals surface area contributed by atoms with Gasteiger partial charge < -0.3 is 15.3 Å². The molecule has 4 nitrogen and oxygen atoms in total. The second-order valence-electron chi connectivity index (χ2n) is 2.26. The first-order valence-corrected chi connectivity index (χ1v) is 5.01. The first-order valence-electron chi connectivity index (χ1n) is 3.85. The van der Waals surface area contributed by atoms with E-state index < -0.39 is 5.97 Å². The molecule has 74 valence electrons. The summed E-state index contributed by atoms with van der Waals surface area (Å²) in [7, 11) is 0. The fourth-order valence-electron chi connectivity index (χ4n) is 0.505. The molecule has 0 aromatic carbocycles. The van der Waals surface area contributed by atoms with Crippen molar-refractivity contribution in [1.29, 1.82) is 0 Å². The molecule has 0 heterocycles. The summed E-state index contributed by atoms with van der Waals surface area (Å²) in [5, 5.41) is 13.8. The average molecular weight is 224 g/mol. The van der Waals surface area contributed by atoms with Gasteiger partial charge in [-0.25, -0.2) is 0 Å². The van der Waals surface area contributed by atoms with Gasteiger partial charge in [-0.3, -0.25) is 0 Å². The molecule has 0 rings (SSSR count). The van der Waals surface area contributed by atoms with Gasteiger partial charge in [0.2, 0.25) is 0 Å². The van der Waals surface area contributed by atoms with Crippen molar-refractivity contribution < 1.29 is 39.5 Å².